The van der Waals surface area contributed by atoms with Crippen LogP contribution in [0.1, 0.15) is 39.0 Å². The molecule has 1 heterocycles. The average molecular weight is 250 g/mol. The maximum Gasteiger partial charge on any atom is 0.241 e. The van der Waals surface area contributed by atoms with Crippen molar-refractivity contribution in [2.24, 2.45) is 5.92 Å². The lowest BCUT2D eigenvalue weighted by molar-refractivity contribution is -0.122. The minimum atomic E-state index is 0.0103. The zero-order chi connectivity index (χ0) is 13.0. The van der Waals surface area contributed by atoms with Crippen molar-refractivity contribution in [3.05, 3.63) is 12.3 Å². The molecule has 0 bridgehead atoms. The number of carbonyl (C=O) groups is 1. The number of amides is 1. The van der Waals surface area contributed by atoms with E-state index in [0.29, 0.717) is 11.7 Å². The zero-order valence-corrected chi connectivity index (χ0v) is 10.9. The van der Waals surface area contributed by atoms with Crippen molar-refractivity contribution >= 4 is 11.7 Å². The van der Waals surface area contributed by atoms with Gasteiger partial charge in [-0.3, -0.25) is 9.48 Å². The Morgan fingerprint density at radius 2 is 2.28 bits per heavy atom. The van der Waals surface area contributed by atoms with Gasteiger partial charge in [-0.1, -0.05) is 19.3 Å². The number of hydrogen-bond acceptors (Lipinski definition) is 3. The summed E-state index contributed by atoms with van der Waals surface area (Å²) in [6.45, 7) is 2.35. The Labute approximate surface area is 108 Å². The van der Waals surface area contributed by atoms with E-state index in [1.807, 2.05) is 0 Å². The highest BCUT2D eigenvalue weighted by molar-refractivity contribution is 5.76. The van der Waals surface area contributed by atoms with E-state index in [4.69, 9.17) is 5.73 Å². The Morgan fingerprint density at radius 1 is 1.56 bits per heavy atom. The molecular weight excluding hydrogens is 228 g/mol. The smallest absolute Gasteiger partial charge is 0.241 e. The Hall–Kier alpha value is -1.52. The molecule has 1 aliphatic carbocycles. The Bertz CT molecular complexity index is 395. The molecule has 5 heteroatoms. The van der Waals surface area contributed by atoms with Crippen molar-refractivity contribution in [1.82, 2.24) is 15.1 Å². The van der Waals surface area contributed by atoms with E-state index in [9.17, 15) is 4.79 Å². The maximum absolute atomic E-state index is 11.9. The zero-order valence-electron chi connectivity index (χ0n) is 10.9. The number of nitrogens with one attached hydrogen (secondary N) is 1. The minimum Gasteiger partial charge on any atom is -0.382 e. The van der Waals surface area contributed by atoms with Crippen molar-refractivity contribution in [3.63, 3.8) is 0 Å². The monoisotopic (exact) mass is 250 g/mol. The number of carbonyl (C=O) groups excluding carboxylic acids is 1. The number of anilines is 1. The topological polar surface area (TPSA) is 72.9 Å². The van der Waals surface area contributed by atoms with Crippen LogP contribution in [0.3, 0.4) is 0 Å². The van der Waals surface area contributed by atoms with E-state index in [1.54, 1.807) is 16.9 Å². The summed E-state index contributed by atoms with van der Waals surface area (Å²) in [4.78, 5) is 11.9. The summed E-state index contributed by atoms with van der Waals surface area (Å²) in [5, 5.41) is 7.07. The molecule has 1 atom stereocenters. The maximum atomic E-state index is 11.9. The van der Waals surface area contributed by atoms with E-state index >= 15 is 0 Å². The molecule has 0 spiro atoms. The molecule has 0 aliphatic heterocycles. The molecule has 1 amide bonds. The predicted molar refractivity (Wildman–Crippen MR) is 70.8 cm³/mol. The van der Waals surface area contributed by atoms with Crippen molar-refractivity contribution in [3.8, 4) is 0 Å². The number of aromatic nitrogens is 2. The molecule has 1 fully saturated rings. The summed E-state index contributed by atoms with van der Waals surface area (Å²) in [6.07, 6.45) is 8.11. The van der Waals surface area contributed by atoms with Gasteiger partial charge in [0.25, 0.3) is 0 Å². The first-order valence-corrected chi connectivity index (χ1v) is 6.73. The Balaban J connectivity index is 1.79. The summed E-state index contributed by atoms with van der Waals surface area (Å²) >= 11 is 0. The lowest BCUT2D eigenvalue weighted by atomic mass is 9.84. The summed E-state index contributed by atoms with van der Waals surface area (Å²) in [7, 11) is 0. The second kappa shape index (κ2) is 5.89. The second-order valence-electron chi connectivity index (χ2n) is 5.19. The van der Waals surface area contributed by atoms with Gasteiger partial charge in [-0.2, -0.15) is 5.10 Å². The summed E-state index contributed by atoms with van der Waals surface area (Å²) < 4.78 is 1.57. The van der Waals surface area contributed by atoms with Gasteiger partial charge in [0.05, 0.1) is 0 Å². The first-order valence-electron chi connectivity index (χ1n) is 6.73. The number of hydrogen-bond donors (Lipinski definition) is 2. The molecular formula is C13H22N4O. The minimum absolute atomic E-state index is 0.0103. The first kappa shape index (κ1) is 12.9. The highest BCUT2D eigenvalue weighted by Gasteiger charge is 2.21. The van der Waals surface area contributed by atoms with Crippen LogP contribution in [0.4, 0.5) is 5.82 Å². The van der Waals surface area contributed by atoms with Crippen LogP contribution in [0.5, 0.6) is 0 Å². The predicted octanol–water partition coefficient (Wildman–Crippen LogP) is 1.55. The number of nitrogens with two attached hydrogens (primary N) is 1. The van der Waals surface area contributed by atoms with E-state index in [1.165, 1.54) is 32.1 Å². The summed E-state index contributed by atoms with van der Waals surface area (Å²) in [6, 6.07) is 1.95. The van der Waals surface area contributed by atoms with Gasteiger partial charge in [-0.15, -0.1) is 0 Å². The number of rotatable bonds is 4. The summed E-state index contributed by atoms with van der Waals surface area (Å²) in [5.74, 6) is 1.09. The van der Waals surface area contributed by atoms with Crippen LogP contribution in [0.2, 0.25) is 0 Å². The summed E-state index contributed by atoms with van der Waals surface area (Å²) in [5.41, 5.74) is 5.51. The fourth-order valence-electron chi connectivity index (χ4n) is 2.66. The highest BCUT2D eigenvalue weighted by Crippen LogP contribution is 2.26. The van der Waals surface area contributed by atoms with Crippen molar-refractivity contribution in [2.75, 3.05) is 5.73 Å². The van der Waals surface area contributed by atoms with Crippen molar-refractivity contribution in [1.29, 1.82) is 0 Å². The van der Waals surface area contributed by atoms with Crippen LogP contribution in [-0.4, -0.2) is 21.7 Å². The quantitative estimate of drug-likeness (QED) is 0.851. The first-order chi connectivity index (χ1) is 8.65. The Morgan fingerprint density at radius 3 is 2.89 bits per heavy atom. The van der Waals surface area contributed by atoms with Gasteiger partial charge in [0.15, 0.2) is 0 Å². The third-order valence-electron chi connectivity index (χ3n) is 3.71. The molecule has 1 unspecified atom stereocenters. The molecule has 1 aliphatic rings. The van der Waals surface area contributed by atoms with Crippen LogP contribution >= 0.6 is 0 Å². The van der Waals surface area contributed by atoms with Crippen molar-refractivity contribution < 1.29 is 4.79 Å². The van der Waals surface area contributed by atoms with E-state index < -0.39 is 0 Å². The second-order valence-corrected chi connectivity index (χ2v) is 5.19. The van der Waals surface area contributed by atoms with Gasteiger partial charge in [0, 0.05) is 12.2 Å². The fourth-order valence-corrected chi connectivity index (χ4v) is 2.66. The van der Waals surface area contributed by atoms with Gasteiger partial charge >= 0.3 is 0 Å². The normalized spacial score (nSPS) is 18.5. The molecule has 100 valence electrons. The van der Waals surface area contributed by atoms with Gasteiger partial charge < -0.3 is 11.1 Å². The largest absolute Gasteiger partial charge is 0.382 e. The third-order valence-corrected chi connectivity index (χ3v) is 3.71. The SMILES string of the molecule is CC(NC(=O)Cn1ccc(N)n1)C1CCCCC1. The lowest BCUT2D eigenvalue weighted by Gasteiger charge is -2.28. The van der Waals surface area contributed by atoms with Crippen LogP contribution in [0.25, 0.3) is 0 Å². The highest BCUT2D eigenvalue weighted by atomic mass is 16.2. The van der Waals surface area contributed by atoms with E-state index in [-0.39, 0.29) is 18.5 Å². The molecule has 5 nitrogen and oxygen atoms in total. The van der Waals surface area contributed by atoms with Gasteiger partial charge in [-0.05, 0) is 31.7 Å². The molecule has 3 N–H and O–H groups in total. The molecule has 1 aromatic heterocycles. The van der Waals surface area contributed by atoms with Gasteiger partial charge in [0.2, 0.25) is 5.91 Å². The lowest BCUT2D eigenvalue weighted by Crippen LogP contribution is -2.40. The number of nitrogens with zero attached hydrogens (tertiary/aromatic N) is 2. The van der Waals surface area contributed by atoms with Crippen LogP contribution in [-0.2, 0) is 11.3 Å². The van der Waals surface area contributed by atoms with Crippen molar-refractivity contribution in [2.45, 2.75) is 51.6 Å². The molecule has 1 saturated carbocycles. The molecule has 0 radical (unpaired) electrons. The fraction of sp³-hybridized carbons (Fsp3) is 0.692. The van der Waals surface area contributed by atoms with E-state index in [2.05, 4.69) is 17.3 Å². The van der Waals surface area contributed by atoms with Gasteiger partial charge in [0.1, 0.15) is 12.4 Å². The molecule has 0 aromatic carbocycles. The average Bonchev–Trinajstić information content (AvgIpc) is 2.75. The molecule has 2 rings (SSSR count). The van der Waals surface area contributed by atoms with Crippen LogP contribution in [0, 0.1) is 5.92 Å². The van der Waals surface area contributed by atoms with E-state index in [0.717, 1.165) is 0 Å². The number of nitrogen functional groups attached to an aromatic ring is 1. The van der Waals surface area contributed by atoms with Crippen LogP contribution < -0.4 is 11.1 Å². The molecule has 0 saturated heterocycles. The standard InChI is InChI=1S/C13H22N4O/c1-10(11-5-3-2-4-6-11)15-13(18)9-17-8-7-12(14)16-17/h7-8,10-11H,2-6,9H2,1H3,(H2,14,16)(H,15,18). The third kappa shape index (κ3) is 3.48. The van der Waals surface area contributed by atoms with Gasteiger partial charge in [-0.25, -0.2) is 0 Å². The van der Waals surface area contributed by atoms with Crippen LogP contribution in [0.15, 0.2) is 12.3 Å². The Kier molecular flexibility index (Phi) is 4.23. The molecule has 1 aromatic rings. The molecule has 18 heavy (non-hydrogen) atoms.